The van der Waals surface area contributed by atoms with E-state index >= 15 is 0 Å². The molecule has 3 heteroatoms. The number of rotatable bonds is 4. The van der Waals surface area contributed by atoms with Crippen molar-refractivity contribution in [1.29, 1.82) is 0 Å². The second-order valence-electron chi connectivity index (χ2n) is 6.94. The number of pyridine rings is 1. The first-order valence-corrected chi connectivity index (χ1v) is 8.34. The topological polar surface area (TPSA) is 36.4 Å². The zero-order valence-corrected chi connectivity index (χ0v) is 14.0. The standard InChI is InChI=1S/C19H28N2O/c1-16(2)14-19(3,22)10-7-13-21-12-5-4-9-18(21)17-8-6-11-20-15-17/h6,8,11,15-16,18,22H,4-5,9,12-14H2,1-3H3/t18-,19+/m0/s1. The van der Waals surface area contributed by atoms with Gasteiger partial charge in [-0.25, -0.2) is 0 Å². The van der Waals surface area contributed by atoms with Crippen LogP contribution in [0.2, 0.25) is 0 Å². The molecule has 0 unspecified atom stereocenters. The molecular formula is C19H28N2O. The molecule has 2 heterocycles. The van der Waals surface area contributed by atoms with Gasteiger partial charge in [0, 0.05) is 18.4 Å². The highest BCUT2D eigenvalue weighted by atomic mass is 16.3. The summed E-state index contributed by atoms with van der Waals surface area (Å²) in [7, 11) is 0. The molecule has 0 radical (unpaired) electrons. The van der Waals surface area contributed by atoms with Gasteiger partial charge in [0.25, 0.3) is 0 Å². The molecule has 0 aromatic carbocycles. The second-order valence-corrected chi connectivity index (χ2v) is 6.94. The van der Waals surface area contributed by atoms with Crippen LogP contribution in [0.4, 0.5) is 0 Å². The largest absolute Gasteiger partial charge is 0.378 e. The Kier molecular flexibility index (Phi) is 5.99. The van der Waals surface area contributed by atoms with Crippen molar-refractivity contribution in [3.63, 3.8) is 0 Å². The van der Waals surface area contributed by atoms with Crippen LogP contribution >= 0.6 is 0 Å². The van der Waals surface area contributed by atoms with Gasteiger partial charge in [0.2, 0.25) is 0 Å². The Morgan fingerprint density at radius 2 is 2.27 bits per heavy atom. The highest BCUT2D eigenvalue weighted by Crippen LogP contribution is 2.29. The van der Waals surface area contributed by atoms with Crippen LogP contribution in [-0.4, -0.2) is 33.7 Å². The summed E-state index contributed by atoms with van der Waals surface area (Å²) >= 11 is 0. The molecular weight excluding hydrogens is 272 g/mol. The number of hydrogen-bond acceptors (Lipinski definition) is 3. The number of aromatic nitrogens is 1. The summed E-state index contributed by atoms with van der Waals surface area (Å²) in [6.45, 7) is 7.82. The van der Waals surface area contributed by atoms with Crippen molar-refractivity contribution in [3.05, 3.63) is 30.1 Å². The van der Waals surface area contributed by atoms with Crippen molar-refractivity contribution >= 4 is 0 Å². The van der Waals surface area contributed by atoms with E-state index < -0.39 is 5.60 Å². The zero-order valence-electron chi connectivity index (χ0n) is 14.0. The molecule has 2 atom stereocenters. The highest BCUT2D eigenvalue weighted by molar-refractivity contribution is 5.17. The van der Waals surface area contributed by atoms with Crippen LogP contribution in [0.1, 0.15) is 58.1 Å². The fraction of sp³-hybridized carbons (Fsp3) is 0.632. The monoisotopic (exact) mass is 300 g/mol. The predicted molar refractivity (Wildman–Crippen MR) is 90.3 cm³/mol. The minimum absolute atomic E-state index is 0.409. The smallest absolute Gasteiger partial charge is 0.123 e. The molecule has 2 rings (SSSR count). The highest BCUT2D eigenvalue weighted by Gasteiger charge is 2.23. The fourth-order valence-electron chi connectivity index (χ4n) is 3.31. The summed E-state index contributed by atoms with van der Waals surface area (Å²) in [6.07, 6.45) is 8.14. The van der Waals surface area contributed by atoms with Gasteiger partial charge in [-0.3, -0.25) is 9.88 Å². The lowest BCUT2D eigenvalue weighted by Gasteiger charge is -2.34. The molecule has 1 aromatic heterocycles. The average Bonchev–Trinajstić information content (AvgIpc) is 2.47. The predicted octanol–water partition coefficient (Wildman–Crippen LogP) is 3.41. The number of piperidine rings is 1. The Bertz CT molecular complexity index is 513. The van der Waals surface area contributed by atoms with Gasteiger partial charge in [-0.1, -0.05) is 38.2 Å². The van der Waals surface area contributed by atoms with Gasteiger partial charge < -0.3 is 5.11 Å². The summed E-state index contributed by atoms with van der Waals surface area (Å²) in [5.41, 5.74) is 0.395. The van der Waals surface area contributed by atoms with Crippen molar-refractivity contribution < 1.29 is 5.11 Å². The van der Waals surface area contributed by atoms with E-state index in [2.05, 4.69) is 41.6 Å². The number of hydrogen-bond donors (Lipinski definition) is 1. The van der Waals surface area contributed by atoms with Crippen molar-refractivity contribution in [1.82, 2.24) is 9.88 Å². The SMILES string of the molecule is CC(C)C[C@](C)(O)C#CCN1CCCC[C@H]1c1cccnc1. The molecule has 22 heavy (non-hydrogen) atoms. The van der Waals surface area contributed by atoms with Crippen molar-refractivity contribution in [2.45, 2.75) is 58.1 Å². The van der Waals surface area contributed by atoms with Crippen LogP contribution in [0.3, 0.4) is 0 Å². The maximum Gasteiger partial charge on any atom is 0.123 e. The molecule has 0 amide bonds. The quantitative estimate of drug-likeness (QED) is 0.866. The lowest BCUT2D eigenvalue weighted by molar-refractivity contribution is 0.0971. The molecule has 1 N–H and O–H groups in total. The molecule has 0 aliphatic carbocycles. The summed E-state index contributed by atoms with van der Waals surface area (Å²) in [4.78, 5) is 6.66. The maximum atomic E-state index is 10.3. The summed E-state index contributed by atoms with van der Waals surface area (Å²) in [5.74, 6) is 6.71. The molecule has 120 valence electrons. The minimum Gasteiger partial charge on any atom is -0.378 e. The Labute approximate surface area is 134 Å². The third kappa shape index (κ3) is 5.12. The zero-order chi connectivity index (χ0) is 16.0. The van der Waals surface area contributed by atoms with Crippen LogP contribution in [0.5, 0.6) is 0 Å². The van der Waals surface area contributed by atoms with E-state index in [9.17, 15) is 5.11 Å². The van der Waals surface area contributed by atoms with Crippen molar-refractivity contribution in [2.24, 2.45) is 5.92 Å². The Morgan fingerprint density at radius 3 is 2.95 bits per heavy atom. The molecule has 1 aromatic rings. The van der Waals surface area contributed by atoms with Crippen molar-refractivity contribution in [2.75, 3.05) is 13.1 Å². The van der Waals surface area contributed by atoms with E-state index in [4.69, 9.17) is 0 Å². The van der Waals surface area contributed by atoms with Gasteiger partial charge in [0.05, 0.1) is 6.54 Å². The third-order valence-electron chi connectivity index (χ3n) is 4.13. The van der Waals surface area contributed by atoms with Crippen LogP contribution in [0.15, 0.2) is 24.5 Å². The first-order valence-electron chi connectivity index (χ1n) is 8.34. The maximum absolute atomic E-state index is 10.3. The first-order chi connectivity index (χ1) is 10.5. The first kappa shape index (κ1) is 17.0. The molecule has 3 nitrogen and oxygen atoms in total. The molecule has 1 fully saturated rings. The number of likely N-dealkylation sites (tertiary alicyclic amines) is 1. The lowest BCUT2D eigenvalue weighted by atomic mass is 9.94. The van der Waals surface area contributed by atoms with E-state index in [1.165, 1.54) is 18.4 Å². The van der Waals surface area contributed by atoms with E-state index in [1.807, 2.05) is 25.4 Å². The van der Waals surface area contributed by atoms with Gasteiger partial charge >= 0.3 is 0 Å². The third-order valence-corrected chi connectivity index (χ3v) is 4.13. The van der Waals surface area contributed by atoms with E-state index in [0.29, 0.717) is 24.9 Å². The number of aliphatic hydroxyl groups is 1. The van der Waals surface area contributed by atoms with E-state index in [-0.39, 0.29) is 0 Å². The van der Waals surface area contributed by atoms with E-state index in [0.717, 1.165) is 13.0 Å². The average molecular weight is 300 g/mol. The second kappa shape index (κ2) is 7.76. The van der Waals surface area contributed by atoms with Gasteiger partial charge in [0.1, 0.15) is 5.60 Å². The summed E-state index contributed by atoms with van der Waals surface area (Å²) < 4.78 is 0. The van der Waals surface area contributed by atoms with Crippen LogP contribution in [0, 0.1) is 17.8 Å². The Morgan fingerprint density at radius 1 is 1.45 bits per heavy atom. The Hall–Kier alpha value is -1.37. The molecule has 1 saturated heterocycles. The molecule has 0 spiro atoms. The number of nitrogens with zero attached hydrogens (tertiary/aromatic N) is 2. The summed E-state index contributed by atoms with van der Waals surface area (Å²) in [6, 6.07) is 4.56. The van der Waals surface area contributed by atoms with Crippen LogP contribution < -0.4 is 0 Å². The molecule has 0 bridgehead atoms. The van der Waals surface area contributed by atoms with Gasteiger partial charge in [-0.05, 0) is 50.3 Å². The minimum atomic E-state index is -0.881. The van der Waals surface area contributed by atoms with Crippen LogP contribution in [-0.2, 0) is 0 Å². The van der Waals surface area contributed by atoms with Crippen molar-refractivity contribution in [3.8, 4) is 11.8 Å². The normalized spacial score (nSPS) is 22.0. The van der Waals surface area contributed by atoms with Gasteiger partial charge in [-0.2, -0.15) is 0 Å². The molecule has 0 saturated carbocycles. The molecule has 1 aliphatic rings. The Balaban J connectivity index is 2.01. The van der Waals surface area contributed by atoms with Crippen LogP contribution in [0.25, 0.3) is 0 Å². The van der Waals surface area contributed by atoms with Gasteiger partial charge in [0.15, 0.2) is 0 Å². The van der Waals surface area contributed by atoms with E-state index in [1.54, 1.807) is 0 Å². The lowest BCUT2D eigenvalue weighted by Crippen LogP contribution is -2.34. The van der Waals surface area contributed by atoms with Gasteiger partial charge in [-0.15, -0.1) is 0 Å². The summed E-state index contributed by atoms with van der Waals surface area (Å²) in [5, 5.41) is 10.3. The molecule has 1 aliphatic heterocycles. The fourth-order valence-corrected chi connectivity index (χ4v) is 3.31.